The zero-order valence-corrected chi connectivity index (χ0v) is 8.86. The fraction of sp³-hybridized carbons (Fsp3) is 0.889. The molecule has 1 saturated heterocycles. The lowest BCUT2D eigenvalue weighted by Gasteiger charge is -2.21. The van der Waals surface area contributed by atoms with Crippen molar-refractivity contribution in [1.82, 2.24) is 5.32 Å². The Morgan fingerprint density at radius 1 is 1.62 bits per heavy atom. The smallest absolute Gasteiger partial charge is 0.305 e. The van der Waals surface area contributed by atoms with E-state index in [1.807, 2.05) is 0 Å². The molecule has 1 aliphatic heterocycles. The minimum Gasteiger partial charge on any atom is -0.469 e. The summed E-state index contributed by atoms with van der Waals surface area (Å²) in [6.45, 7) is 2.20. The Morgan fingerprint density at radius 2 is 2.38 bits per heavy atom. The zero-order valence-electron chi connectivity index (χ0n) is 8.04. The van der Waals surface area contributed by atoms with Gasteiger partial charge in [0.2, 0.25) is 0 Å². The summed E-state index contributed by atoms with van der Waals surface area (Å²) >= 11 is 0. The average Bonchev–Trinajstić information content (AvgIpc) is 2.16. The molecule has 0 aromatic heterocycles. The van der Waals surface area contributed by atoms with Gasteiger partial charge in [-0.25, -0.2) is 0 Å². The third-order valence-electron chi connectivity index (χ3n) is 2.38. The van der Waals surface area contributed by atoms with Crippen LogP contribution >= 0.6 is 12.4 Å². The van der Waals surface area contributed by atoms with Crippen molar-refractivity contribution in [2.24, 2.45) is 5.92 Å². The van der Waals surface area contributed by atoms with Gasteiger partial charge in [0.1, 0.15) is 0 Å². The number of nitrogens with one attached hydrogen (secondary N) is 1. The lowest BCUT2D eigenvalue weighted by atomic mass is 9.95. The van der Waals surface area contributed by atoms with Crippen molar-refractivity contribution in [3.8, 4) is 0 Å². The van der Waals surface area contributed by atoms with Crippen LogP contribution in [0.3, 0.4) is 0 Å². The van der Waals surface area contributed by atoms with Gasteiger partial charge in [-0.2, -0.15) is 0 Å². The van der Waals surface area contributed by atoms with E-state index in [9.17, 15) is 4.79 Å². The van der Waals surface area contributed by atoms with Crippen molar-refractivity contribution in [3.05, 3.63) is 0 Å². The van der Waals surface area contributed by atoms with Crippen LogP contribution in [-0.4, -0.2) is 26.2 Å². The molecule has 0 radical (unpaired) electrons. The van der Waals surface area contributed by atoms with Crippen molar-refractivity contribution in [1.29, 1.82) is 0 Å². The number of halogens is 1. The Balaban J connectivity index is 0.00000144. The molecule has 78 valence electrons. The quantitative estimate of drug-likeness (QED) is 0.711. The van der Waals surface area contributed by atoms with Crippen LogP contribution in [0, 0.1) is 5.92 Å². The SMILES string of the molecule is COC(=O)CC[C@H]1CCCNC1.Cl. The number of esters is 1. The van der Waals surface area contributed by atoms with E-state index in [-0.39, 0.29) is 18.4 Å². The second-order valence-electron chi connectivity index (χ2n) is 3.33. The third kappa shape index (κ3) is 5.11. The molecule has 1 rings (SSSR count). The van der Waals surface area contributed by atoms with Crippen LogP contribution in [0.25, 0.3) is 0 Å². The minimum atomic E-state index is -0.0828. The summed E-state index contributed by atoms with van der Waals surface area (Å²) in [6, 6.07) is 0. The highest BCUT2D eigenvalue weighted by atomic mass is 35.5. The lowest BCUT2D eigenvalue weighted by molar-refractivity contribution is -0.140. The molecule has 0 aromatic carbocycles. The third-order valence-corrected chi connectivity index (χ3v) is 2.38. The average molecular weight is 208 g/mol. The predicted octanol–water partition coefficient (Wildman–Crippen LogP) is 1.36. The molecule has 1 heterocycles. The Kier molecular flexibility index (Phi) is 7.00. The standard InChI is InChI=1S/C9H17NO2.ClH/c1-12-9(11)5-4-8-3-2-6-10-7-8;/h8,10H,2-7H2,1H3;1H/t8-;/m1./s1. The molecule has 0 spiro atoms. The van der Waals surface area contributed by atoms with Crippen molar-refractivity contribution in [2.75, 3.05) is 20.2 Å². The molecule has 0 saturated carbocycles. The highest BCUT2D eigenvalue weighted by Gasteiger charge is 2.14. The van der Waals surface area contributed by atoms with Gasteiger partial charge in [0.05, 0.1) is 7.11 Å². The number of carbonyl (C=O) groups is 1. The summed E-state index contributed by atoms with van der Waals surface area (Å²) in [7, 11) is 1.45. The molecular formula is C9H18ClNO2. The maximum atomic E-state index is 10.8. The Hall–Kier alpha value is -0.280. The maximum Gasteiger partial charge on any atom is 0.305 e. The zero-order chi connectivity index (χ0) is 8.81. The molecule has 1 fully saturated rings. The van der Waals surface area contributed by atoms with Gasteiger partial charge >= 0.3 is 5.97 Å². The summed E-state index contributed by atoms with van der Waals surface area (Å²) in [5.41, 5.74) is 0. The summed E-state index contributed by atoms with van der Waals surface area (Å²) in [5.74, 6) is 0.596. The van der Waals surface area contributed by atoms with E-state index < -0.39 is 0 Å². The van der Waals surface area contributed by atoms with Crippen LogP contribution in [0.5, 0.6) is 0 Å². The Labute approximate surface area is 85.6 Å². The van der Waals surface area contributed by atoms with E-state index in [0.717, 1.165) is 19.5 Å². The van der Waals surface area contributed by atoms with Gasteiger partial charge in [-0.3, -0.25) is 4.79 Å². The molecule has 13 heavy (non-hydrogen) atoms. The van der Waals surface area contributed by atoms with Gasteiger partial charge in [-0.1, -0.05) is 0 Å². The van der Waals surface area contributed by atoms with E-state index >= 15 is 0 Å². The summed E-state index contributed by atoms with van der Waals surface area (Å²) in [5, 5.41) is 3.32. The summed E-state index contributed by atoms with van der Waals surface area (Å²) in [4.78, 5) is 10.8. The number of ether oxygens (including phenoxy) is 1. The van der Waals surface area contributed by atoms with Crippen molar-refractivity contribution < 1.29 is 9.53 Å². The van der Waals surface area contributed by atoms with Crippen LogP contribution in [0.2, 0.25) is 0 Å². The predicted molar refractivity (Wildman–Crippen MR) is 54.1 cm³/mol. The summed E-state index contributed by atoms with van der Waals surface area (Å²) < 4.78 is 4.58. The van der Waals surface area contributed by atoms with Crippen molar-refractivity contribution in [3.63, 3.8) is 0 Å². The molecule has 0 amide bonds. The van der Waals surface area contributed by atoms with E-state index in [4.69, 9.17) is 0 Å². The minimum absolute atomic E-state index is 0. The van der Waals surface area contributed by atoms with Gasteiger partial charge in [0, 0.05) is 6.42 Å². The first-order valence-corrected chi connectivity index (χ1v) is 4.60. The molecule has 4 heteroatoms. The van der Waals surface area contributed by atoms with Crippen LogP contribution < -0.4 is 5.32 Å². The van der Waals surface area contributed by atoms with Gasteiger partial charge < -0.3 is 10.1 Å². The molecule has 0 unspecified atom stereocenters. The first kappa shape index (κ1) is 12.7. The van der Waals surface area contributed by atoms with E-state index in [1.165, 1.54) is 20.0 Å². The number of methoxy groups -OCH3 is 1. The molecule has 1 aliphatic rings. The van der Waals surface area contributed by atoms with Gasteiger partial charge in [-0.05, 0) is 38.3 Å². The molecule has 1 N–H and O–H groups in total. The summed E-state index contributed by atoms with van der Waals surface area (Å²) in [6.07, 6.45) is 4.04. The largest absolute Gasteiger partial charge is 0.469 e. The van der Waals surface area contributed by atoms with Crippen LogP contribution in [0.4, 0.5) is 0 Å². The Bertz CT molecular complexity index is 147. The number of rotatable bonds is 3. The fourth-order valence-corrected chi connectivity index (χ4v) is 1.59. The first-order valence-electron chi connectivity index (χ1n) is 4.60. The monoisotopic (exact) mass is 207 g/mol. The second-order valence-corrected chi connectivity index (χ2v) is 3.33. The van der Waals surface area contributed by atoms with Gasteiger partial charge in [0.25, 0.3) is 0 Å². The maximum absolute atomic E-state index is 10.8. The van der Waals surface area contributed by atoms with E-state index in [0.29, 0.717) is 12.3 Å². The number of piperidine rings is 1. The number of hydrogen-bond acceptors (Lipinski definition) is 3. The van der Waals surface area contributed by atoms with Crippen molar-refractivity contribution >= 4 is 18.4 Å². The molecule has 0 bridgehead atoms. The first-order chi connectivity index (χ1) is 5.83. The fourth-order valence-electron chi connectivity index (χ4n) is 1.59. The molecule has 0 aromatic rings. The van der Waals surface area contributed by atoms with Crippen LogP contribution in [0.15, 0.2) is 0 Å². The second kappa shape index (κ2) is 7.15. The molecule has 0 aliphatic carbocycles. The van der Waals surface area contributed by atoms with Crippen molar-refractivity contribution in [2.45, 2.75) is 25.7 Å². The molecular weight excluding hydrogens is 190 g/mol. The number of carbonyl (C=O) groups excluding carboxylic acids is 1. The highest BCUT2D eigenvalue weighted by molar-refractivity contribution is 5.85. The van der Waals surface area contributed by atoms with Gasteiger partial charge in [-0.15, -0.1) is 12.4 Å². The lowest BCUT2D eigenvalue weighted by Crippen LogP contribution is -2.30. The number of hydrogen-bond donors (Lipinski definition) is 1. The van der Waals surface area contributed by atoms with E-state index in [2.05, 4.69) is 10.1 Å². The molecule has 3 nitrogen and oxygen atoms in total. The van der Waals surface area contributed by atoms with E-state index in [1.54, 1.807) is 0 Å². The topological polar surface area (TPSA) is 38.3 Å². The normalized spacial score (nSPS) is 21.8. The highest BCUT2D eigenvalue weighted by Crippen LogP contribution is 2.15. The molecule has 1 atom stereocenters. The van der Waals surface area contributed by atoms with Gasteiger partial charge in [0.15, 0.2) is 0 Å². The Morgan fingerprint density at radius 3 is 2.92 bits per heavy atom. The van der Waals surface area contributed by atoms with Crippen LogP contribution in [0.1, 0.15) is 25.7 Å². The van der Waals surface area contributed by atoms with Crippen LogP contribution in [-0.2, 0) is 9.53 Å².